The molecule has 2 aromatic rings. The van der Waals surface area contributed by atoms with Gasteiger partial charge in [0, 0.05) is 4.47 Å². The van der Waals surface area contributed by atoms with Gasteiger partial charge in [-0.05, 0) is 42.5 Å². The van der Waals surface area contributed by atoms with Crippen LogP contribution in [-0.4, -0.2) is 40.8 Å². The highest BCUT2D eigenvalue weighted by atomic mass is 79.9. The van der Waals surface area contributed by atoms with E-state index in [2.05, 4.69) is 20.7 Å². The number of hydrogen-bond donors (Lipinski definition) is 0. The molecule has 26 heavy (non-hydrogen) atoms. The number of carbonyl (C=O) groups is 1. The second-order valence-corrected chi connectivity index (χ2v) is 7.93. The number of rotatable bonds is 5. The first-order valence-electron chi connectivity index (χ1n) is 7.56. The molecule has 138 valence electrons. The molecule has 1 atom stereocenters. The smallest absolute Gasteiger partial charge is 0.337 e. The Labute approximate surface area is 159 Å². The van der Waals surface area contributed by atoms with Crippen LogP contribution in [0.25, 0.3) is 0 Å². The molecule has 0 aliphatic carbocycles. The second-order valence-electron chi connectivity index (χ2n) is 5.40. The minimum absolute atomic E-state index is 0.0470. The molecule has 2 aromatic carbocycles. The Hall–Kier alpha value is -2.10. The Morgan fingerprint density at radius 3 is 2.62 bits per heavy atom. The fraction of sp³-hybridized carbons (Fsp3) is 0.235. The maximum absolute atomic E-state index is 12.2. The van der Waals surface area contributed by atoms with E-state index in [1.807, 2.05) is 0 Å². The molecule has 0 saturated heterocycles. The minimum Gasteiger partial charge on any atom is -0.486 e. The van der Waals surface area contributed by atoms with Crippen molar-refractivity contribution in [3.8, 4) is 11.5 Å². The van der Waals surface area contributed by atoms with Crippen molar-refractivity contribution in [2.75, 3.05) is 20.3 Å². The Kier molecular flexibility index (Phi) is 5.49. The Morgan fingerprint density at radius 2 is 1.92 bits per heavy atom. The van der Waals surface area contributed by atoms with E-state index in [0.29, 0.717) is 17.1 Å². The van der Waals surface area contributed by atoms with Crippen molar-refractivity contribution < 1.29 is 31.6 Å². The average molecular weight is 443 g/mol. The number of carbonyl (C=O) groups excluding carboxylic acids is 1. The van der Waals surface area contributed by atoms with Gasteiger partial charge in [0.25, 0.3) is 10.1 Å². The van der Waals surface area contributed by atoms with Crippen molar-refractivity contribution in [2.24, 2.45) is 0 Å². The van der Waals surface area contributed by atoms with Gasteiger partial charge in [-0.1, -0.05) is 15.9 Å². The van der Waals surface area contributed by atoms with Gasteiger partial charge in [-0.2, -0.15) is 8.42 Å². The molecule has 0 fully saturated rings. The topological polar surface area (TPSA) is 88.1 Å². The van der Waals surface area contributed by atoms with Crippen molar-refractivity contribution in [3.63, 3.8) is 0 Å². The van der Waals surface area contributed by atoms with Crippen LogP contribution in [0.5, 0.6) is 11.5 Å². The van der Waals surface area contributed by atoms with E-state index in [9.17, 15) is 13.2 Å². The van der Waals surface area contributed by atoms with E-state index in [4.69, 9.17) is 13.7 Å². The quantitative estimate of drug-likeness (QED) is 0.519. The lowest BCUT2D eigenvalue weighted by Gasteiger charge is -2.26. The van der Waals surface area contributed by atoms with Crippen molar-refractivity contribution >= 4 is 32.0 Å². The largest absolute Gasteiger partial charge is 0.486 e. The van der Waals surface area contributed by atoms with Crippen LogP contribution in [0, 0.1) is 0 Å². The molecule has 0 bridgehead atoms. The van der Waals surface area contributed by atoms with Crippen molar-refractivity contribution in [3.05, 3.63) is 52.5 Å². The van der Waals surface area contributed by atoms with E-state index in [1.54, 1.807) is 24.3 Å². The van der Waals surface area contributed by atoms with Crippen LogP contribution in [0.2, 0.25) is 0 Å². The number of methoxy groups -OCH3 is 1. The molecule has 7 nitrogen and oxygen atoms in total. The predicted octanol–water partition coefficient (Wildman–Crippen LogP) is 2.78. The van der Waals surface area contributed by atoms with Crippen LogP contribution in [0.3, 0.4) is 0 Å². The molecule has 1 aliphatic heterocycles. The van der Waals surface area contributed by atoms with Gasteiger partial charge in [0.05, 0.1) is 17.6 Å². The average Bonchev–Trinajstić information content (AvgIpc) is 2.65. The summed E-state index contributed by atoms with van der Waals surface area (Å²) in [6, 6.07) is 10.7. The van der Waals surface area contributed by atoms with Gasteiger partial charge in [-0.3, -0.25) is 4.18 Å². The molecule has 3 rings (SSSR count). The molecule has 1 unspecified atom stereocenters. The summed E-state index contributed by atoms with van der Waals surface area (Å²) in [6.45, 7) is -0.0965. The summed E-state index contributed by atoms with van der Waals surface area (Å²) in [5, 5.41) is 0. The van der Waals surface area contributed by atoms with E-state index in [0.717, 1.165) is 4.47 Å². The highest BCUT2D eigenvalue weighted by Gasteiger charge is 2.25. The lowest BCUT2D eigenvalue weighted by molar-refractivity contribution is 0.0539. The molecule has 0 radical (unpaired) electrons. The zero-order valence-electron chi connectivity index (χ0n) is 13.7. The summed E-state index contributed by atoms with van der Waals surface area (Å²) < 4.78 is 46.2. The minimum atomic E-state index is -3.91. The fourth-order valence-electron chi connectivity index (χ4n) is 2.28. The molecule has 0 saturated carbocycles. The van der Waals surface area contributed by atoms with Gasteiger partial charge in [-0.15, -0.1) is 0 Å². The third-order valence-corrected chi connectivity index (χ3v) is 5.42. The van der Waals surface area contributed by atoms with Gasteiger partial charge < -0.3 is 14.2 Å². The van der Waals surface area contributed by atoms with Crippen LogP contribution >= 0.6 is 15.9 Å². The van der Waals surface area contributed by atoms with E-state index in [-0.39, 0.29) is 18.1 Å². The standard InChI is InChI=1S/C17H15BrO7S/c1-22-17(19)11-2-7-15-16(8-11)25-13(9-23-15)10-24-26(20,21)14-5-3-12(18)4-6-14/h2-8,13H,9-10H2,1H3. The number of esters is 1. The summed E-state index contributed by atoms with van der Waals surface area (Å²) in [5.41, 5.74) is 0.305. The predicted molar refractivity (Wildman–Crippen MR) is 95.0 cm³/mol. The lowest BCUT2D eigenvalue weighted by atomic mass is 10.2. The number of fused-ring (bicyclic) bond motifs is 1. The van der Waals surface area contributed by atoms with E-state index in [1.165, 1.54) is 25.3 Å². The first-order chi connectivity index (χ1) is 12.4. The lowest BCUT2D eigenvalue weighted by Crippen LogP contribution is -2.34. The molecule has 1 heterocycles. The Balaban J connectivity index is 1.67. The molecular weight excluding hydrogens is 428 g/mol. The molecular formula is C17H15BrO7S. The van der Waals surface area contributed by atoms with Gasteiger partial charge in [-0.25, -0.2) is 4.79 Å². The number of hydrogen-bond acceptors (Lipinski definition) is 7. The van der Waals surface area contributed by atoms with Crippen LogP contribution in [0.15, 0.2) is 51.8 Å². The SMILES string of the molecule is COC(=O)c1ccc2c(c1)OC(COS(=O)(=O)c1ccc(Br)cc1)CO2. The highest BCUT2D eigenvalue weighted by Crippen LogP contribution is 2.33. The summed E-state index contributed by atoms with van der Waals surface area (Å²) >= 11 is 3.25. The van der Waals surface area contributed by atoms with Gasteiger partial charge >= 0.3 is 5.97 Å². The van der Waals surface area contributed by atoms with Crippen LogP contribution < -0.4 is 9.47 Å². The summed E-state index contributed by atoms with van der Waals surface area (Å²) in [4.78, 5) is 11.6. The normalized spacial score (nSPS) is 16.2. The van der Waals surface area contributed by atoms with Crippen molar-refractivity contribution in [2.45, 2.75) is 11.0 Å². The van der Waals surface area contributed by atoms with Gasteiger partial charge in [0.1, 0.15) is 13.2 Å². The molecule has 0 aromatic heterocycles. The molecule has 0 amide bonds. The summed E-state index contributed by atoms with van der Waals surface area (Å²) in [5.74, 6) is 0.283. The molecule has 9 heteroatoms. The zero-order chi connectivity index (χ0) is 18.7. The van der Waals surface area contributed by atoms with Crippen molar-refractivity contribution in [1.82, 2.24) is 0 Å². The first-order valence-corrected chi connectivity index (χ1v) is 9.76. The second kappa shape index (κ2) is 7.65. The van der Waals surface area contributed by atoms with Crippen LogP contribution in [0.1, 0.15) is 10.4 Å². The monoisotopic (exact) mass is 442 g/mol. The van der Waals surface area contributed by atoms with Gasteiger partial charge in [0.2, 0.25) is 0 Å². The van der Waals surface area contributed by atoms with Crippen molar-refractivity contribution in [1.29, 1.82) is 0 Å². The van der Waals surface area contributed by atoms with Crippen LogP contribution in [-0.2, 0) is 19.0 Å². The van der Waals surface area contributed by atoms with E-state index >= 15 is 0 Å². The van der Waals surface area contributed by atoms with Crippen LogP contribution in [0.4, 0.5) is 0 Å². The Morgan fingerprint density at radius 1 is 1.19 bits per heavy atom. The fourth-order valence-corrected chi connectivity index (χ4v) is 3.48. The van der Waals surface area contributed by atoms with Gasteiger partial charge in [0.15, 0.2) is 17.6 Å². The number of halogens is 1. The third kappa shape index (κ3) is 4.17. The highest BCUT2D eigenvalue weighted by molar-refractivity contribution is 9.10. The maximum Gasteiger partial charge on any atom is 0.337 e. The molecule has 0 N–H and O–H groups in total. The number of benzene rings is 2. The zero-order valence-corrected chi connectivity index (χ0v) is 16.1. The number of ether oxygens (including phenoxy) is 3. The molecule has 0 spiro atoms. The summed E-state index contributed by atoms with van der Waals surface area (Å²) in [7, 11) is -2.63. The maximum atomic E-state index is 12.2. The summed E-state index contributed by atoms with van der Waals surface area (Å²) in [6.07, 6.45) is -0.638. The third-order valence-electron chi connectivity index (χ3n) is 3.59. The first kappa shape index (κ1) is 18.7. The Bertz CT molecular complexity index is 909. The molecule has 1 aliphatic rings. The van der Waals surface area contributed by atoms with E-state index < -0.39 is 22.2 Å².